The van der Waals surface area contributed by atoms with Crippen molar-refractivity contribution in [2.75, 3.05) is 29.9 Å². The Balaban J connectivity index is 1.28. The molecule has 48 heavy (non-hydrogen) atoms. The van der Waals surface area contributed by atoms with Gasteiger partial charge in [0, 0.05) is 50.3 Å². The van der Waals surface area contributed by atoms with Crippen LogP contribution in [0, 0.1) is 23.2 Å². The van der Waals surface area contributed by atoms with Crippen molar-refractivity contribution in [1.82, 2.24) is 24.6 Å². The maximum Gasteiger partial charge on any atom is 0.416 e. The van der Waals surface area contributed by atoms with E-state index in [1.54, 1.807) is 53.2 Å². The summed E-state index contributed by atoms with van der Waals surface area (Å²) in [4.78, 5) is 21.5. The molecular weight excluding hydrogens is 631 g/mol. The zero-order valence-corrected chi connectivity index (χ0v) is 25.9. The van der Waals surface area contributed by atoms with Gasteiger partial charge in [-0.25, -0.2) is 13.8 Å². The number of benzene rings is 2. The van der Waals surface area contributed by atoms with Gasteiger partial charge in [0.05, 0.1) is 23.7 Å². The van der Waals surface area contributed by atoms with Crippen LogP contribution in [0.1, 0.15) is 51.9 Å². The van der Waals surface area contributed by atoms with E-state index in [1.807, 2.05) is 0 Å². The van der Waals surface area contributed by atoms with Gasteiger partial charge in [-0.2, -0.15) is 18.4 Å². The van der Waals surface area contributed by atoms with Crippen LogP contribution in [0.4, 0.5) is 33.6 Å². The number of hydrogen-bond donors (Lipinski definition) is 1. The Kier molecular flexibility index (Phi) is 8.11. The van der Waals surface area contributed by atoms with Gasteiger partial charge in [-0.3, -0.25) is 14.6 Å². The number of amides is 1. The first-order valence-electron chi connectivity index (χ1n) is 15.7. The van der Waals surface area contributed by atoms with Gasteiger partial charge < -0.3 is 9.88 Å². The van der Waals surface area contributed by atoms with E-state index in [-0.39, 0.29) is 48.7 Å². The van der Waals surface area contributed by atoms with Gasteiger partial charge in [-0.1, -0.05) is 12.8 Å². The number of rotatable bonds is 10. The van der Waals surface area contributed by atoms with Crippen molar-refractivity contribution in [3.05, 3.63) is 76.6 Å². The molecular formula is C34H31F5N8O. The van der Waals surface area contributed by atoms with E-state index in [0.717, 1.165) is 25.3 Å². The van der Waals surface area contributed by atoms with E-state index in [1.165, 1.54) is 11.0 Å². The van der Waals surface area contributed by atoms with Gasteiger partial charge >= 0.3 is 6.18 Å². The Morgan fingerprint density at radius 1 is 1.06 bits per heavy atom. The first kappa shape index (κ1) is 31.7. The molecule has 0 spiro atoms. The Labute approximate surface area is 273 Å². The molecule has 3 aliphatic rings. The number of aryl methyl sites for hydroxylation is 1. The summed E-state index contributed by atoms with van der Waals surface area (Å²) in [6, 6.07) is 13.1. The highest BCUT2D eigenvalue weighted by Crippen LogP contribution is 2.42. The number of halogens is 5. The van der Waals surface area contributed by atoms with Gasteiger partial charge in [-0.05, 0) is 77.1 Å². The van der Waals surface area contributed by atoms with Crippen LogP contribution in [0.2, 0.25) is 0 Å². The Bertz CT molecular complexity index is 1920. The van der Waals surface area contributed by atoms with Crippen LogP contribution in [0.15, 0.2) is 48.8 Å². The predicted molar refractivity (Wildman–Crippen MR) is 167 cm³/mol. The second kappa shape index (κ2) is 12.3. The van der Waals surface area contributed by atoms with Crippen molar-refractivity contribution >= 4 is 17.5 Å². The maximum absolute atomic E-state index is 14.4. The molecule has 4 aromatic rings. The number of likely N-dealkylation sites (tertiary alicyclic amines) is 1. The molecule has 2 fully saturated rings. The molecule has 1 N–H and O–H groups in total. The predicted octanol–water partition coefficient (Wildman–Crippen LogP) is 6.50. The van der Waals surface area contributed by atoms with Gasteiger partial charge in [0.2, 0.25) is 6.43 Å². The maximum atomic E-state index is 14.4. The molecule has 1 saturated heterocycles. The topological polar surface area (TPSA) is 103 Å². The summed E-state index contributed by atoms with van der Waals surface area (Å²) in [5, 5.41) is 21.3. The fourth-order valence-corrected chi connectivity index (χ4v) is 6.44. The summed E-state index contributed by atoms with van der Waals surface area (Å²) in [5.74, 6) is 0.293. The van der Waals surface area contributed by atoms with Crippen molar-refractivity contribution in [3.8, 4) is 28.6 Å². The number of alkyl halides is 5. The number of pyridine rings is 1. The third kappa shape index (κ3) is 6.22. The van der Waals surface area contributed by atoms with E-state index >= 15 is 0 Å². The van der Waals surface area contributed by atoms with Crippen molar-refractivity contribution in [2.45, 2.75) is 45.0 Å². The monoisotopic (exact) mass is 662 g/mol. The minimum absolute atomic E-state index is 0.0235. The number of aromatic nitrogens is 4. The first-order chi connectivity index (χ1) is 23.0. The van der Waals surface area contributed by atoms with E-state index in [4.69, 9.17) is 0 Å². The summed E-state index contributed by atoms with van der Waals surface area (Å²) in [6.07, 6.45) is -2.43. The van der Waals surface area contributed by atoms with E-state index < -0.39 is 30.0 Å². The lowest BCUT2D eigenvalue weighted by molar-refractivity contribution is -0.138. The van der Waals surface area contributed by atoms with Gasteiger partial charge in [0.15, 0.2) is 5.82 Å². The zero-order chi connectivity index (χ0) is 33.7. The average Bonchev–Trinajstić information content (AvgIpc) is 3.67. The number of nitriles is 1. The Hall–Kier alpha value is -4.90. The van der Waals surface area contributed by atoms with Gasteiger partial charge in [0.1, 0.15) is 18.0 Å². The molecule has 0 unspecified atom stereocenters. The summed E-state index contributed by atoms with van der Waals surface area (Å²) in [5.41, 5.74) is 1.28. The van der Waals surface area contributed by atoms with Crippen LogP contribution in [-0.4, -0.2) is 56.6 Å². The fourth-order valence-electron chi connectivity index (χ4n) is 6.44. The molecule has 0 atom stereocenters. The summed E-state index contributed by atoms with van der Waals surface area (Å²) < 4.78 is 71.0. The van der Waals surface area contributed by atoms with Crippen LogP contribution in [-0.2, 0) is 26.3 Å². The first-order valence-corrected chi connectivity index (χ1v) is 15.7. The smallest absolute Gasteiger partial charge is 0.370 e. The second-order valence-electron chi connectivity index (χ2n) is 12.7. The SMILES string of the molecule is Cn1cnnc1-c1ccc(C#N)cc1-c1cc(NCCC2CC2)nc(N2Cc3c(cc(CN4CC(C(F)F)C4)cc3C(F)(F)F)C2=O)c1. The van der Waals surface area contributed by atoms with Crippen molar-refractivity contribution in [1.29, 1.82) is 5.26 Å². The van der Waals surface area contributed by atoms with Crippen LogP contribution < -0.4 is 10.2 Å². The van der Waals surface area contributed by atoms with Crippen LogP contribution in [0.5, 0.6) is 0 Å². The minimum atomic E-state index is -4.75. The van der Waals surface area contributed by atoms with Crippen molar-refractivity contribution < 1.29 is 26.7 Å². The molecule has 2 aliphatic heterocycles. The molecule has 4 heterocycles. The largest absolute Gasteiger partial charge is 0.416 e. The molecule has 1 aliphatic carbocycles. The normalized spacial score (nSPS) is 16.7. The molecule has 0 bridgehead atoms. The molecule has 0 radical (unpaired) electrons. The summed E-state index contributed by atoms with van der Waals surface area (Å²) in [6.45, 7) is 0.440. The fraction of sp³-hybridized carbons (Fsp3) is 0.382. The van der Waals surface area contributed by atoms with Crippen molar-refractivity contribution in [3.63, 3.8) is 0 Å². The van der Waals surface area contributed by atoms with E-state index in [9.17, 15) is 32.0 Å². The number of fused-ring (bicyclic) bond motifs is 1. The molecule has 1 saturated carbocycles. The minimum Gasteiger partial charge on any atom is -0.370 e. The lowest BCUT2D eigenvalue weighted by Gasteiger charge is -2.38. The quantitative estimate of drug-likeness (QED) is 0.193. The summed E-state index contributed by atoms with van der Waals surface area (Å²) >= 11 is 0. The summed E-state index contributed by atoms with van der Waals surface area (Å²) in [7, 11) is 1.78. The Morgan fingerprint density at radius 3 is 2.52 bits per heavy atom. The number of carbonyl (C=O) groups excluding carboxylic acids is 1. The molecule has 1 amide bonds. The number of anilines is 2. The molecule has 2 aromatic heterocycles. The van der Waals surface area contributed by atoms with E-state index in [2.05, 4.69) is 26.6 Å². The third-order valence-corrected chi connectivity index (χ3v) is 9.21. The second-order valence-corrected chi connectivity index (χ2v) is 12.7. The molecule has 248 valence electrons. The Morgan fingerprint density at radius 2 is 1.85 bits per heavy atom. The molecule has 2 aromatic carbocycles. The van der Waals surface area contributed by atoms with Crippen LogP contribution in [0.25, 0.3) is 22.5 Å². The number of hydrogen-bond acceptors (Lipinski definition) is 7. The highest BCUT2D eigenvalue weighted by atomic mass is 19.4. The van der Waals surface area contributed by atoms with Gasteiger partial charge in [0.25, 0.3) is 5.91 Å². The standard InChI is InChI=1S/C34H31F5N8O/c1-45-18-42-44-32(45)24-5-4-20(13-40)8-25(24)22-11-29(41-7-6-19-2-3-19)43-30(12-22)47-17-27-26(33(47)48)9-21(10-28(27)34(37,38)39)14-46-15-23(16-46)31(35)36/h4-5,8-12,18-19,23,31H,2-3,6-7,14-17H2,1H3,(H,41,43). The van der Waals surface area contributed by atoms with Gasteiger partial charge in [-0.15, -0.1) is 10.2 Å². The highest BCUT2D eigenvalue weighted by molar-refractivity contribution is 6.10. The highest BCUT2D eigenvalue weighted by Gasteiger charge is 2.42. The lowest BCUT2D eigenvalue weighted by Crippen LogP contribution is -2.49. The number of nitrogens with one attached hydrogen (secondary N) is 1. The third-order valence-electron chi connectivity index (χ3n) is 9.21. The van der Waals surface area contributed by atoms with Crippen molar-refractivity contribution in [2.24, 2.45) is 18.9 Å². The van der Waals surface area contributed by atoms with E-state index in [0.29, 0.717) is 46.4 Å². The number of carbonyl (C=O) groups is 1. The molecule has 7 rings (SSSR count). The zero-order valence-electron chi connectivity index (χ0n) is 25.9. The lowest BCUT2D eigenvalue weighted by atomic mass is 9.96. The molecule has 14 heteroatoms. The average molecular weight is 663 g/mol. The van der Waals surface area contributed by atoms with Crippen LogP contribution in [0.3, 0.4) is 0 Å². The number of nitrogens with zero attached hydrogens (tertiary/aromatic N) is 7. The van der Waals surface area contributed by atoms with Crippen LogP contribution >= 0.6 is 0 Å². The molecule has 9 nitrogen and oxygen atoms in total.